The summed E-state index contributed by atoms with van der Waals surface area (Å²) in [5, 5.41) is 3.05. The van der Waals surface area contributed by atoms with Gasteiger partial charge in [-0.2, -0.15) is 4.31 Å². The van der Waals surface area contributed by atoms with Crippen LogP contribution in [-0.4, -0.2) is 43.4 Å². The number of hydrogen-bond acceptors (Lipinski definition) is 6. The Balaban J connectivity index is 1.57. The predicted octanol–water partition coefficient (Wildman–Crippen LogP) is 3.15. The van der Waals surface area contributed by atoms with E-state index in [-0.39, 0.29) is 16.3 Å². The summed E-state index contributed by atoms with van der Waals surface area (Å²) in [4.78, 5) is 24.8. The number of carbonyl (C=O) groups excluding carboxylic acids is 1. The molecule has 8 nitrogen and oxygen atoms in total. The second kappa shape index (κ2) is 8.62. The van der Waals surface area contributed by atoms with Crippen molar-refractivity contribution in [2.45, 2.75) is 24.3 Å². The van der Waals surface area contributed by atoms with E-state index in [1.807, 2.05) is 0 Å². The molecule has 0 unspecified atom stereocenters. The van der Waals surface area contributed by atoms with Crippen molar-refractivity contribution in [1.29, 1.82) is 0 Å². The van der Waals surface area contributed by atoms with E-state index < -0.39 is 15.9 Å². The van der Waals surface area contributed by atoms with Crippen LogP contribution in [-0.2, 0) is 21.4 Å². The lowest BCUT2D eigenvalue weighted by atomic mass is 10.3. The molecule has 1 aromatic heterocycles. The third-order valence-electron chi connectivity index (χ3n) is 5.08. The SMILES string of the molecule is COc1ccc(NC(=O)Cn2c(=O)sc3cc(S(=O)(=O)N4CCCC4)ccc32)cc1Cl. The molecule has 0 radical (unpaired) electrons. The van der Waals surface area contributed by atoms with Crippen LogP contribution in [0.4, 0.5) is 5.69 Å². The molecule has 0 saturated carbocycles. The highest BCUT2D eigenvalue weighted by Crippen LogP contribution is 2.28. The second-order valence-electron chi connectivity index (χ2n) is 7.09. The van der Waals surface area contributed by atoms with Crippen molar-refractivity contribution in [1.82, 2.24) is 8.87 Å². The van der Waals surface area contributed by atoms with E-state index in [0.29, 0.717) is 39.8 Å². The second-order valence-corrected chi connectivity index (χ2v) is 10.4. The highest BCUT2D eigenvalue weighted by molar-refractivity contribution is 7.89. The molecule has 4 rings (SSSR count). The normalized spacial score (nSPS) is 14.8. The van der Waals surface area contributed by atoms with Crippen molar-refractivity contribution in [3.8, 4) is 5.75 Å². The molecule has 1 N–H and O–H groups in total. The molecule has 3 aromatic rings. The van der Waals surface area contributed by atoms with Crippen molar-refractivity contribution < 1.29 is 17.9 Å². The van der Waals surface area contributed by atoms with Gasteiger partial charge in [-0.05, 0) is 49.2 Å². The Bertz CT molecular complexity index is 1310. The molecule has 1 aliphatic rings. The number of halogens is 1. The molecule has 1 aliphatic heterocycles. The monoisotopic (exact) mass is 481 g/mol. The van der Waals surface area contributed by atoms with Gasteiger partial charge in [0.2, 0.25) is 15.9 Å². The lowest BCUT2D eigenvalue weighted by Crippen LogP contribution is -2.27. The number of fused-ring (bicyclic) bond motifs is 1. The summed E-state index contributed by atoms with van der Waals surface area (Å²) in [5.41, 5.74) is 0.987. The molecule has 0 atom stereocenters. The number of rotatable bonds is 6. The molecule has 11 heteroatoms. The third kappa shape index (κ3) is 4.33. The molecule has 164 valence electrons. The van der Waals surface area contributed by atoms with Crippen molar-refractivity contribution in [2.75, 3.05) is 25.5 Å². The molecule has 2 heterocycles. The fraction of sp³-hybridized carbons (Fsp3) is 0.300. The van der Waals surface area contributed by atoms with E-state index in [4.69, 9.17) is 16.3 Å². The third-order valence-corrected chi connectivity index (χ3v) is 8.21. The summed E-state index contributed by atoms with van der Waals surface area (Å²) in [6, 6.07) is 9.40. The van der Waals surface area contributed by atoms with Gasteiger partial charge < -0.3 is 10.1 Å². The number of hydrogen-bond donors (Lipinski definition) is 1. The van der Waals surface area contributed by atoms with Gasteiger partial charge in [-0.25, -0.2) is 8.42 Å². The number of carbonyl (C=O) groups is 1. The minimum Gasteiger partial charge on any atom is -0.495 e. The first-order chi connectivity index (χ1) is 14.8. The predicted molar refractivity (Wildman–Crippen MR) is 121 cm³/mol. The van der Waals surface area contributed by atoms with E-state index in [2.05, 4.69) is 5.32 Å². The van der Waals surface area contributed by atoms with Gasteiger partial charge in [0, 0.05) is 18.8 Å². The molecule has 1 saturated heterocycles. The van der Waals surface area contributed by atoms with Gasteiger partial charge in [0.25, 0.3) is 0 Å². The minimum absolute atomic E-state index is 0.160. The molecule has 1 fully saturated rings. The van der Waals surface area contributed by atoms with Gasteiger partial charge in [-0.3, -0.25) is 14.2 Å². The fourth-order valence-corrected chi connectivity index (χ4v) is 6.33. The summed E-state index contributed by atoms with van der Waals surface area (Å²) in [7, 11) is -2.09. The van der Waals surface area contributed by atoms with E-state index in [0.717, 1.165) is 24.2 Å². The first-order valence-electron chi connectivity index (χ1n) is 9.56. The molecular weight excluding hydrogens is 462 g/mol. The first kappa shape index (κ1) is 21.8. The summed E-state index contributed by atoms with van der Waals surface area (Å²) >= 11 is 6.99. The number of aromatic nitrogens is 1. The summed E-state index contributed by atoms with van der Waals surface area (Å²) < 4.78 is 34.0. The standard InChI is InChI=1S/C20H20ClN3O5S2/c1-29-17-7-4-13(10-15(17)21)22-19(25)12-24-16-6-5-14(11-18(16)30-20(24)26)31(27,28)23-8-2-3-9-23/h4-7,10-11H,2-3,8-9,12H2,1H3,(H,22,25). The zero-order chi connectivity index (χ0) is 22.2. The Morgan fingerprint density at radius 1 is 1.19 bits per heavy atom. The summed E-state index contributed by atoms with van der Waals surface area (Å²) in [6.07, 6.45) is 1.69. The lowest BCUT2D eigenvalue weighted by molar-refractivity contribution is -0.116. The number of methoxy groups -OCH3 is 1. The maximum Gasteiger partial charge on any atom is 0.308 e. The van der Waals surface area contributed by atoms with Gasteiger partial charge in [0.15, 0.2) is 0 Å². The van der Waals surface area contributed by atoms with Crippen LogP contribution in [0.15, 0.2) is 46.1 Å². The van der Waals surface area contributed by atoms with Crippen LogP contribution in [0.1, 0.15) is 12.8 Å². The van der Waals surface area contributed by atoms with Gasteiger partial charge in [0.05, 0.1) is 27.2 Å². The van der Waals surface area contributed by atoms with E-state index in [1.54, 1.807) is 24.3 Å². The van der Waals surface area contributed by atoms with Crippen molar-refractivity contribution >= 4 is 54.8 Å². The number of nitrogens with one attached hydrogen (secondary N) is 1. The van der Waals surface area contributed by atoms with Crippen LogP contribution in [0, 0.1) is 0 Å². The number of thiazole rings is 1. The Hall–Kier alpha value is -2.40. The lowest BCUT2D eigenvalue weighted by Gasteiger charge is -2.15. The Labute approximate surface area is 188 Å². The molecule has 31 heavy (non-hydrogen) atoms. The average Bonchev–Trinajstić information content (AvgIpc) is 3.37. The molecular formula is C20H20ClN3O5S2. The quantitative estimate of drug-likeness (QED) is 0.583. The molecule has 0 aliphatic carbocycles. The van der Waals surface area contributed by atoms with E-state index in [9.17, 15) is 18.0 Å². The van der Waals surface area contributed by atoms with Gasteiger partial charge >= 0.3 is 4.87 Å². The molecule has 0 spiro atoms. The Morgan fingerprint density at radius 3 is 2.61 bits per heavy atom. The molecule has 1 amide bonds. The summed E-state index contributed by atoms with van der Waals surface area (Å²) in [6.45, 7) is 0.807. The van der Waals surface area contributed by atoms with Crippen LogP contribution in [0.2, 0.25) is 5.02 Å². The van der Waals surface area contributed by atoms with Crippen LogP contribution >= 0.6 is 22.9 Å². The maximum atomic E-state index is 12.8. The number of nitrogens with zero attached hydrogens (tertiary/aromatic N) is 2. The van der Waals surface area contributed by atoms with Crippen molar-refractivity contribution in [3.05, 3.63) is 51.1 Å². The highest BCUT2D eigenvalue weighted by Gasteiger charge is 2.27. The van der Waals surface area contributed by atoms with Gasteiger partial charge in [-0.1, -0.05) is 22.9 Å². The number of sulfonamides is 1. The number of amides is 1. The zero-order valence-electron chi connectivity index (χ0n) is 16.6. The van der Waals surface area contributed by atoms with Gasteiger partial charge in [-0.15, -0.1) is 0 Å². The Morgan fingerprint density at radius 2 is 1.94 bits per heavy atom. The largest absolute Gasteiger partial charge is 0.495 e. The van der Waals surface area contributed by atoms with Crippen molar-refractivity contribution in [2.24, 2.45) is 0 Å². The maximum absolute atomic E-state index is 12.8. The van der Waals surface area contributed by atoms with Crippen LogP contribution in [0.3, 0.4) is 0 Å². The highest BCUT2D eigenvalue weighted by atomic mass is 35.5. The van der Waals surface area contributed by atoms with E-state index >= 15 is 0 Å². The van der Waals surface area contributed by atoms with Crippen molar-refractivity contribution in [3.63, 3.8) is 0 Å². The number of anilines is 1. The van der Waals surface area contributed by atoms with Crippen LogP contribution < -0.4 is 14.9 Å². The van der Waals surface area contributed by atoms with Gasteiger partial charge in [0.1, 0.15) is 12.3 Å². The smallest absolute Gasteiger partial charge is 0.308 e. The fourth-order valence-electron chi connectivity index (χ4n) is 3.52. The average molecular weight is 482 g/mol. The molecule has 0 bridgehead atoms. The summed E-state index contributed by atoms with van der Waals surface area (Å²) in [5.74, 6) is 0.0798. The van der Waals surface area contributed by atoms with E-state index in [1.165, 1.54) is 28.1 Å². The van der Waals surface area contributed by atoms with Crippen LogP contribution in [0.5, 0.6) is 5.75 Å². The molecule has 2 aromatic carbocycles. The minimum atomic E-state index is -3.58. The number of benzene rings is 2. The number of ether oxygens (including phenoxy) is 1. The first-order valence-corrected chi connectivity index (χ1v) is 12.2. The topological polar surface area (TPSA) is 97.7 Å². The van der Waals surface area contributed by atoms with Crippen LogP contribution in [0.25, 0.3) is 10.2 Å². The Kier molecular flexibility index (Phi) is 6.07. The zero-order valence-corrected chi connectivity index (χ0v) is 19.0.